The standard InChI is InChI=1S/C11H20N2O2S/c14-11(2-1-10-3-4-12-9-10)13-5-7-16(15)8-6-13/h10,12H,1-9H2. The van der Waals surface area contributed by atoms with Crippen molar-refractivity contribution in [3.05, 3.63) is 0 Å². The van der Waals surface area contributed by atoms with E-state index in [0.29, 0.717) is 36.9 Å². The van der Waals surface area contributed by atoms with Crippen LogP contribution < -0.4 is 5.32 Å². The number of nitrogens with one attached hydrogen (secondary N) is 1. The summed E-state index contributed by atoms with van der Waals surface area (Å²) in [5, 5.41) is 3.32. The van der Waals surface area contributed by atoms with Crippen LogP contribution in [-0.2, 0) is 15.6 Å². The molecule has 1 atom stereocenters. The first-order chi connectivity index (χ1) is 7.75. The molecule has 0 aromatic heterocycles. The van der Waals surface area contributed by atoms with Gasteiger partial charge in [-0.15, -0.1) is 0 Å². The molecule has 16 heavy (non-hydrogen) atoms. The Morgan fingerprint density at radius 2 is 2.12 bits per heavy atom. The van der Waals surface area contributed by atoms with Gasteiger partial charge in [0.25, 0.3) is 0 Å². The first kappa shape index (κ1) is 12.0. The summed E-state index contributed by atoms with van der Waals surface area (Å²) in [4.78, 5) is 13.7. The number of carbonyl (C=O) groups excluding carboxylic acids is 1. The summed E-state index contributed by atoms with van der Waals surface area (Å²) in [7, 11) is -0.687. The van der Waals surface area contributed by atoms with Gasteiger partial charge in [-0.1, -0.05) is 0 Å². The molecule has 2 saturated heterocycles. The Hall–Kier alpha value is -0.420. The van der Waals surface area contributed by atoms with Crippen LogP contribution in [0.2, 0.25) is 0 Å². The van der Waals surface area contributed by atoms with E-state index in [1.165, 1.54) is 6.42 Å². The van der Waals surface area contributed by atoms with Gasteiger partial charge in [0.05, 0.1) is 0 Å². The van der Waals surface area contributed by atoms with Crippen LogP contribution >= 0.6 is 0 Å². The highest BCUT2D eigenvalue weighted by Crippen LogP contribution is 2.15. The van der Waals surface area contributed by atoms with E-state index in [1.807, 2.05) is 4.90 Å². The smallest absolute Gasteiger partial charge is 0.222 e. The van der Waals surface area contributed by atoms with Crippen molar-refractivity contribution >= 4 is 16.7 Å². The van der Waals surface area contributed by atoms with Gasteiger partial charge in [-0.05, 0) is 31.8 Å². The van der Waals surface area contributed by atoms with Crippen molar-refractivity contribution in [2.24, 2.45) is 5.92 Å². The van der Waals surface area contributed by atoms with Gasteiger partial charge in [0.2, 0.25) is 5.91 Å². The topological polar surface area (TPSA) is 49.4 Å². The van der Waals surface area contributed by atoms with Crippen LogP contribution in [-0.4, -0.2) is 52.7 Å². The molecule has 0 saturated carbocycles. The molecular weight excluding hydrogens is 224 g/mol. The minimum atomic E-state index is -0.687. The van der Waals surface area contributed by atoms with Gasteiger partial charge >= 0.3 is 0 Å². The molecule has 0 radical (unpaired) electrons. The zero-order chi connectivity index (χ0) is 11.4. The SMILES string of the molecule is O=C(CCC1CCNC1)N1CCS(=O)CC1. The highest BCUT2D eigenvalue weighted by molar-refractivity contribution is 7.85. The fraction of sp³-hybridized carbons (Fsp3) is 0.909. The van der Waals surface area contributed by atoms with Gasteiger partial charge in [0.1, 0.15) is 0 Å². The Labute approximate surface area is 99.2 Å². The third-order valence-electron chi connectivity index (χ3n) is 3.46. The number of nitrogens with zero attached hydrogens (tertiary/aromatic N) is 1. The zero-order valence-corrected chi connectivity index (χ0v) is 10.4. The van der Waals surface area contributed by atoms with Crippen LogP contribution in [0.4, 0.5) is 0 Å². The molecule has 1 amide bonds. The van der Waals surface area contributed by atoms with Gasteiger partial charge in [-0.2, -0.15) is 0 Å². The summed E-state index contributed by atoms with van der Waals surface area (Å²) < 4.78 is 11.2. The molecule has 92 valence electrons. The molecule has 1 unspecified atom stereocenters. The molecule has 1 N–H and O–H groups in total. The van der Waals surface area contributed by atoms with Crippen molar-refractivity contribution in [3.8, 4) is 0 Å². The van der Waals surface area contributed by atoms with E-state index in [1.54, 1.807) is 0 Å². The maximum atomic E-state index is 11.9. The van der Waals surface area contributed by atoms with Crippen LogP contribution in [0.3, 0.4) is 0 Å². The quantitative estimate of drug-likeness (QED) is 0.758. The molecule has 2 heterocycles. The first-order valence-corrected chi connectivity index (χ1v) is 7.58. The predicted octanol–water partition coefficient (Wildman–Crippen LogP) is -0.0330. The lowest BCUT2D eigenvalue weighted by Crippen LogP contribution is -2.41. The van der Waals surface area contributed by atoms with E-state index >= 15 is 0 Å². The molecule has 0 aromatic carbocycles. The summed E-state index contributed by atoms with van der Waals surface area (Å²) in [6, 6.07) is 0. The average molecular weight is 244 g/mol. The van der Waals surface area contributed by atoms with Crippen LogP contribution in [0.25, 0.3) is 0 Å². The van der Waals surface area contributed by atoms with Gasteiger partial charge < -0.3 is 10.2 Å². The second-order valence-corrected chi connectivity index (χ2v) is 6.32. The number of hydrogen-bond donors (Lipinski definition) is 1. The molecule has 2 aliphatic heterocycles. The number of hydrogen-bond acceptors (Lipinski definition) is 3. The van der Waals surface area contributed by atoms with Crippen molar-refractivity contribution in [1.82, 2.24) is 10.2 Å². The van der Waals surface area contributed by atoms with Crippen molar-refractivity contribution in [2.45, 2.75) is 19.3 Å². The molecular formula is C11H20N2O2S. The van der Waals surface area contributed by atoms with Crippen molar-refractivity contribution in [1.29, 1.82) is 0 Å². The van der Waals surface area contributed by atoms with Crippen LogP contribution in [0.1, 0.15) is 19.3 Å². The number of carbonyl (C=O) groups is 1. The lowest BCUT2D eigenvalue weighted by Gasteiger charge is -2.26. The number of amides is 1. The average Bonchev–Trinajstić information content (AvgIpc) is 2.80. The summed E-state index contributed by atoms with van der Waals surface area (Å²) in [5.74, 6) is 2.26. The van der Waals surface area contributed by atoms with Gasteiger partial charge in [-0.25, -0.2) is 0 Å². The van der Waals surface area contributed by atoms with E-state index in [2.05, 4.69) is 5.32 Å². The molecule has 5 heteroatoms. The molecule has 0 spiro atoms. The second-order valence-electron chi connectivity index (χ2n) is 4.63. The fourth-order valence-electron chi connectivity index (χ4n) is 2.33. The van der Waals surface area contributed by atoms with Crippen LogP contribution in [0.15, 0.2) is 0 Å². The molecule has 2 aliphatic rings. The predicted molar refractivity (Wildman–Crippen MR) is 64.7 cm³/mol. The first-order valence-electron chi connectivity index (χ1n) is 6.09. The largest absolute Gasteiger partial charge is 0.341 e. The van der Waals surface area contributed by atoms with E-state index in [4.69, 9.17) is 0 Å². The third-order valence-corrected chi connectivity index (χ3v) is 4.74. The highest BCUT2D eigenvalue weighted by atomic mass is 32.2. The summed E-state index contributed by atoms with van der Waals surface area (Å²) in [6.07, 6.45) is 2.88. The monoisotopic (exact) mass is 244 g/mol. The Balaban J connectivity index is 1.68. The third kappa shape index (κ3) is 3.28. The Morgan fingerprint density at radius 1 is 1.38 bits per heavy atom. The minimum Gasteiger partial charge on any atom is -0.341 e. The summed E-state index contributed by atoms with van der Waals surface area (Å²) >= 11 is 0. The van der Waals surface area contributed by atoms with E-state index in [0.717, 1.165) is 19.5 Å². The number of rotatable bonds is 3. The maximum absolute atomic E-state index is 11.9. The summed E-state index contributed by atoms with van der Waals surface area (Å²) in [6.45, 7) is 3.54. The zero-order valence-electron chi connectivity index (χ0n) is 9.61. The van der Waals surface area contributed by atoms with Gasteiger partial charge in [-0.3, -0.25) is 9.00 Å². The van der Waals surface area contributed by atoms with E-state index in [9.17, 15) is 9.00 Å². The van der Waals surface area contributed by atoms with Crippen molar-refractivity contribution in [2.75, 3.05) is 37.7 Å². The molecule has 0 aliphatic carbocycles. The lowest BCUT2D eigenvalue weighted by molar-refractivity contribution is -0.131. The maximum Gasteiger partial charge on any atom is 0.222 e. The lowest BCUT2D eigenvalue weighted by atomic mass is 10.0. The van der Waals surface area contributed by atoms with Crippen LogP contribution in [0.5, 0.6) is 0 Å². The molecule has 0 bridgehead atoms. The Bertz CT molecular complexity index is 267. The minimum absolute atomic E-state index is 0.253. The fourth-order valence-corrected chi connectivity index (χ4v) is 3.39. The Kier molecular flexibility index (Phi) is 4.35. The molecule has 0 aromatic rings. The van der Waals surface area contributed by atoms with E-state index in [-0.39, 0.29) is 5.91 Å². The molecule has 2 rings (SSSR count). The van der Waals surface area contributed by atoms with E-state index < -0.39 is 10.8 Å². The summed E-state index contributed by atoms with van der Waals surface area (Å²) in [5.41, 5.74) is 0. The normalized spacial score (nSPS) is 27.2. The van der Waals surface area contributed by atoms with Crippen LogP contribution in [0, 0.1) is 5.92 Å². The van der Waals surface area contributed by atoms with Crippen molar-refractivity contribution < 1.29 is 9.00 Å². The molecule has 2 fully saturated rings. The van der Waals surface area contributed by atoms with Crippen molar-refractivity contribution in [3.63, 3.8) is 0 Å². The van der Waals surface area contributed by atoms with Gasteiger partial charge in [0.15, 0.2) is 0 Å². The second kappa shape index (κ2) is 5.77. The molecule has 4 nitrogen and oxygen atoms in total. The Morgan fingerprint density at radius 3 is 2.75 bits per heavy atom. The van der Waals surface area contributed by atoms with Gasteiger partial charge in [0, 0.05) is 41.8 Å². The highest BCUT2D eigenvalue weighted by Gasteiger charge is 2.21.